The van der Waals surface area contributed by atoms with E-state index in [1.807, 2.05) is 0 Å². The highest BCUT2D eigenvalue weighted by atomic mass is 35.5. The van der Waals surface area contributed by atoms with E-state index in [2.05, 4.69) is 10.3 Å². The minimum atomic E-state index is -3.52. The van der Waals surface area contributed by atoms with Crippen molar-refractivity contribution in [2.45, 2.75) is 30.5 Å². The van der Waals surface area contributed by atoms with Gasteiger partial charge in [-0.15, -0.1) is 0 Å². The molecule has 0 aliphatic rings. The van der Waals surface area contributed by atoms with Crippen LogP contribution in [-0.2, 0) is 16.4 Å². The molecule has 0 saturated carbocycles. The Balaban J connectivity index is 2.30. The number of nitrogen functional groups attached to an aromatic ring is 1. The number of halogens is 2. The van der Waals surface area contributed by atoms with Crippen LogP contribution in [0.15, 0.2) is 35.4 Å². The fourth-order valence-electron chi connectivity index (χ4n) is 2.12. The Bertz CT molecular complexity index is 915. The molecule has 0 saturated heterocycles. The predicted molar refractivity (Wildman–Crippen MR) is 98.6 cm³/mol. The van der Waals surface area contributed by atoms with Crippen molar-refractivity contribution in [3.63, 3.8) is 0 Å². The van der Waals surface area contributed by atoms with Crippen molar-refractivity contribution in [3.8, 4) is 0 Å². The summed E-state index contributed by atoms with van der Waals surface area (Å²) in [6.45, 7) is 3.14. The van der Waals surface area contributed by atoms with E-state index in [0.717, 1.165) is 0 Å². The number of anilines is 1. The van der Waals surface area contributed by atoms with Crippen LogP contribution in [0.5, 0.6) is 0 Å². The molecular weight excluding hydrogens is 385 g/mol. The van der Waals surface area contributed by atoms with Crippen LogP contribution in [0.25, 0.3) is 0 Å². The first-order valence-electron chi connectivity index (χ1n) is 7.34. The molecule has 2 aromatic rings. The predicted octanol–water partition coefficient (Wildman–Crippen LogP) is 3.08. The van der Waals surface area contributed by atoms with Gasteiger partial charge in [-0.1, -0.05) is 23.2 Å². The van der Waals surface area contributed by atoms with Crippen molar-refractivity contribution in [1.29, 1.82) is 0 Å². The number of rotatable bonds is 5. The minimum Gasteiger partial charge on any atom is -0.383 e. The van der Waals surface area contributed by atoms with E-state index in [-0.39, 0.29) is 27.8 Å². The summed E-state index contributed by atoms with van der Waals surface area (Å²) in [6, 6.07) is 5.84. The van der Waals surface area contributed by atoms with E-state index in [1.165, 1.54) is 30.5 Å². The number of sulfone groups is 1. The Morgan fingerprint density at radius 3 is 2.56 bits per heavy atom. The van der Waals surface area contributed by atoms with Crippen molar-refractivity contribution in [3.05, 3.63) is 51.6 Å². The van der Waals surface area contributed by atoms with Gasteiger partial charge in [-0.3, -0.25) is 4.79 Å². The molecule has 1 aromatic heterocycles. The standard InChI is InChI=1S/C16H17Cl2N3O3S/c1-9(2)25(23,24)14-4-3-11(17)5-10(14)7-21-16(22)13-6-12(18)8-20-15(13)19/h3-6,8-9H,7H2,1-2H3,(H2,19,20)(H,21,22). The number of nitrogens with one attached hydrogen (secondary N) is 1. The average Bonchev–Trinajstić information content (AvgIpc) is 2.54. The van der Waals surface area contributed by atoms with Crippen LogP contribution in [0.4, 0.5) is 5.82 Å². The normalized spacial score (nSPS) is 11.6. The van der Waals surface area contributed by atoms with Gasteiger partial charge in [0.25, 0.3) is 5.91 Å². The van der Waals surface area contributed by atoms with Crippen LogP contribution >= 0.6 is 23.2 Å². The van der Waals surface area contributed by atoms with Gasteiger partial charge in [-0.2, -0.15) is 0 Å². The van der Waals surface area contributed by atoms with E-state index < -0.39 is 21.0 Å². The lowest BCUT2D eigenvalue weighted by atomic mass is 10.2. The summed E-state index contributed by atoms with van der Waals surface area (Å²) >= 11 is 11.8. The summed E-state index contributed by atoms with van der Waals surface area (Å²) in [6.07, 6.45) is 1.33. The van der Waals surface area contributed by atoms with Crippen molar-refractivity contribution in [2.75, 3.05) is 5.73 Å². The van der Waals surface area contributed by atoms with Crippen LogP contribution < -0.4 is 11.1 Å². The molecule has 1 heterocycles. The number of hydrogen-bond donors (Lipinski definition) is 2. The summed E-state index contributed by atoms with van der Waals surface area (Å²) in [4.78, 5) is 16.2. The SMILES string of the molecule is CC(C)S(=O)(=O)c1ccc(Cl)cc1CNC(=O)c1cc(Cl)cnc1N. The van der Waals surface area contributed by atoms with Gasteiger partial charge in [0.15, 0.2) is 9.84 Å². The molecule has 0 unspecified atom stereocenters. The number of carbonyl (C=O) groups is 1. The monoisotopic (exact) mass is 401 g/mol. The van der Waals surface area contributed by atoms with Gasteiger partial charge in [0, 0.05) is 17.8 Å². The van der Waals surface area contributed by atoms with Crippen LogP contribution in [0, 0.1) is 0 Å². The number of nitrogens with zero attached hydrogens (tertiary/aromatic N) is 1. The second-order valence-corrected chi connectivity index (χ2v) is 8.96. The van der Waals surface area contributed by atoms with Gasteiger partial charge < -0.3 is 11.1 Å². The first-order chi connectivity index (χ1) is 11.6. The molecule has 1 amide bonds. The molecule has 134 valence electrons. The number of aromatic nitrogens is 1. The maximum atomic E-state index is 12.5. The van der Waals surface area contributed by atoms with Crippen molar-refractivity contribution in [2.24, 2.45) is 0 Å². The number of benzene rings is 1. The zero-order chi connectivity index (χ0) is 18.8. The molecular formula is C16H17Cl2N3O3S. The zero-order valence-electron chi connectivity index (χ0n) is 13.6. The molecule has 0 aliphatic heterocycles. The molecule has 0 atom stereocenters. The van der Waals surface area contributed by atoms with Gasteiger partial charge in [-0.05, 0) is 43.7 Å². The molecule has 0 radical (unpaired) electrons. The topological polar surface area (TPSA) is 102 Å². The first kappa shape index (κ1) is 19.5. The largest absolute Gasteiger partial charge is 0.383 e. The van der Waals surface area contributed by atoms with E-state index in [9.17, 15) is 13.2 Å². The first-order valence-corrected chi connectivity index (χ1v) is 9.64. The molecule has 0 spiro atoms. The lowest BCUT2D eigenvalue weighted by molar-refractivity contribution is 0.0951. The van der Waals surface area contributed by atoms with Gasteiger partial charge >= 0.3 is 0 Å². The van der Waals surface area contributed by atoms with Crippen molar-refractivity contribution < 1.29 is 13.2 Å². The number of nitrogens with two attached hydrogens (primary N) is 1. The van der Waals surface area contributed by atoms with E-state index in [0.29, 0.717) is 10.6 Å². The molecule has 9 heteroatoms. The second-order valence-electron chi connectivity index (χ2n) is 5.61. The fraction of sp³-hybridized carbons (Fsp3) is 0.250. The fourth-order valence-corrected chi connectivity index (χ4v) is 3.73. The third kappa shape index (κ3) is 4.42. The summed E-state index contributed by atoms with van der Waals surface area (Å²) in [7, 11) is -3.52. The molecule has 25 heavy (non-hydrogen) atoms. The van der Waals surface area contributed by atoms with Gasteiger partial charge in [-0.25, -0.2) is 13.4 Å². The van der Waals surface area contributed by atoms with Crippen molar-refractivity contribution in [1.82, 2.24) is 10.3 Å². The van der Waals surface area contributed by atoms with Crippen LogP contribution in [-0.4, -0.2) is 24.6 Å². The third-order valence-electron chi connectivity index (χ3n) is 3.52. The Morgan fingerprint density at radius 2 is 1.92 bits per heavy atom. The molecule has 0 bridgehead atoms. The Labute approximate surface area is 156 Å². The highest BCUT2D eigenvalue weighted by Crippen LogP contribution is 2.24. The van der Waals surface area contributed by atoms with E-state index >= 15 is 0 Å². The van der Waals surface area contributed by atoms with Crippen LogP contribution in [0.1, 0.15) is 29.8 Å². The van der Waals surface area contributed by atoms with Gasteiger partial charge in [0.2, 0.25) is 0 Å². The quantitative estimate of drug-likeness (QED) is 0.800. The molecule has 1 aromatic carbocycles. The number of amides is 1. The Kier molecular flexibility index (Phi) is 5.92. The van der Waals surface area contributed by atoms with Crippen LogP contribution in [0.3, 0.4) is 0 Å². The minimum absolute atomic E-state index is 0.0306. The Morgan fingerprint density at radius 1 is 1.24 bits per heavy atom. The van der Waals surface area contributed by atoms with Gasteiger partial charge in [0.05, 0.1) is 20.7 Å². The summed E-state index contributed by atoms with van der Waals surface area (Å²) in [5.74, 6) is -0.483. The highest BCUT2D eigenvalue weighted by molar-refractivity contribution is 7.92. The average molecular weight is 402 g/mol. The van der Waals surface area contributed by atoms with Crippen molar-refractivity contribution >= 4 is 44.8 Å². The van der Waals surface area contributed by atoms with E-state index in [1.54, 1.807) is 13.8 Å². The maximum Gasteiger partial charge on any atom is 0.255 e. The van der Waals surface area contributed by atoms with Crippen LogP contribution in [0.2, 0.25) is 10.0 Å². The summed E-state index contributed by atoms with van der Waals surface area (Å²) in [5, 5.41) is 2.66. The number of pyridine rings is 1. The molecule has 3 N–H and O–H groups in total. The maximum absolute atomic E-state index is 12.5. The second kappa shape index (κ2) is 7.59. The molecule has 2 rings (SSSR count). The lowest BCUT2D eigenvalue weighted by Crippen LogP contribution is -2.26. The number of carbonyl (C=O) groups excluding carboxylic acids is 1. The molecule has 0 fully saturated rings. The number of hydrogen-bond acceptors (Lipinski definition) is 5. The van der Waals surface area contributed by atoms with E-state index in [4.69, 9.17) is 28.9 Å². The smallest absolute Gasteiger partial charge is 0.255 e. The molecule has 6 nitrogen and oxygen atoms in total. The highest BCUT2D eigenvalue weighted by Gasteiger charge is 2.23. The lowest BCUT2D eigenvalue weighted by Gasteiger charge is -2.14. The summed E-state index contributed by atoms with van der Waals surface area (Å²) in [5.41, 5.74) is 6.18. The molecule has 0 aliphatic carbocycles. The summed E-state index contributed by atoms with van der Waals surface area (Å²) < 4.78 is 24.9. The Hall–Kier alpha value is -1.83. The van der Waals surface area contributed by atoms with Gasteiger partial charge in [0.1, 0.15) is 5.82 Å². The third-order valence-corrected chi connectivity index (χ3v) is 6.21. The zero-order valence-corrected chi connectivity index (χ0v) is 15.9.